The van der Waals surface area contributed by atoms with Gasteiger partial charge in [0.15, 0.2) is 0 Å². The van der Waals surface area contributed by atoms with Crippen LogP contribution in [0.4, 0.5) is 18.9 Å². The second-order valence-electron chi connectivity index (χ2n) is 10.9. The van der Waals surface area contributed by atoms with Gasteiger partial charge in [-0.1, -0.05) is 51.8 Å². The van der Waals surface area contributed by atoms with E-state index in [-0.39, 0.29) is 17.1 Å². The molecule has 0 spiro atoms. The van der Waals surface area contributed by atoms with Gasteiger partial charge in [-0.25, -0.2) is 8.42 Å². The summed E-state index contributed by atoms with van der Waals surface area (Å²) >= 11 is 3.35. The fourth-order valence-corrected chi connectivity index (χ4v) is 5.72. The quantitative estimate of drug-likeness (QED) is 0.290. The normalized spacial score (nSPS) is 12.9. The number of amides is 2. The van der Waals surface area contributed by atoms with Crippen LogP contribution in [0.25, 0.3) is 0 Å². The summed E-state index contributed by atoms with van der Waals surface area (Å²) in [5.41, 5.74) is -0.587. The Morgan fingerprint density at radius 3 is 2.10 bits per heavy atom. The lowest BCUT2D eigenvalue weighted by atomic mass is 10.1. The van der Waals surface area contributed by atoms with Gasteiger partial charge in [-0.3, -0.25) is 13.9 Å². The monoisotopic (exact) mass is 667 g/mol. The van der Waals surface area contributed by atoms with Gasteiger partial charge in [-0.2, -0.15) is 13.2 Å². The van der Waals surface area contributed by atoms with Crippen molar-refractivity contribution >= 4 is 43.5 Å². The van der Waals surface area contributed by atoms with E-state index >= 15 is 0 Å². The molecule has 0 aliphatic carbocycles. The molecule has 0 radical (unpaired) electrons. The van der Waals surface area contributed by atoms with E-state index in [1.54, 1.807) is 64.1 Å². The van der Waals surface area contributed by atoms with Crippen LogP contribution >= 0.6 is 15.9 Å². The zero-order chi connectivity index (χ0) is 31.5. The summed E-state index contributed by atoms with van der Waals surface area (Å²) in [6.45, 7) is 7.72. The van der Waals surface area contributed by atoms with Gasteiger partial charge in [0.05, 0.1) is 16.1 Å². The molecule has 0 saturated carbocycles. The van der Waals surface area contributed by atoms with Crippen molar-refractivity contribution in [2.45, 2.75) is 63.8 Å². The number of carbonyl (C=O) groups is 2. The Hall–Kier alpha value is -3.38. The standard InChI is InChI=1S/C30H33BrF3N3O4S/c1-20-9-15-26(16-10-20)42(40,41)37(25-8-6-7-23(17-25)30(32,33)34)19-27(38)36(18-22-11-13-24(31)14-12-22)21(2)28(39)35-29(3,4)5/h6-17,21H,18-19H2,1-5H3,(H,35,39)/t21-/m1/s1. The third-order valence-corrected chi connectivity index (χ3v) is 8.60. The van der Waals surface area contributed by atoms with Crippen LogP contribution in [0.1, 0.15) is 44.4 Å². The van der Waals surface area contributed by atoms with Gasteiger partial charge in [-0.05, 0) is 82.6 Å². The topological polar surface area (TPSA) is 86.8 Å². The maximum Gasteiger partial charge on any atom is 0.416 e. The highest BCUT2D eigenvalue weighted by atomic mass is 79.9. The smallest absolute Gasteiger partial charge is 0.350 e. The Morgan fingerprint density at radius 1 is 0.952 bits per heavy atom. The van der Waals surface area contributed by atoms with Crippen molar-refractivity contribution in [2.24, 2.45) is 0 Å². The number of anilines is 1. The number of sulfonamides is 1. The molecule has 0 aromatic heterocycles. The van der Waals surface area contributed by atoms with Crippen LogP contribution in [0.5, 0.6) is 0 Å². The van der Waals surface area contributed by atoms with E-state index in [0.717, 1.165) is 22.2 Å². The summed E-state index contributed by atoms with van der Waals surface area (Å²) in [6, 6.07) is 15.5. The summed E-state index contributed by atoms with van der Waals surface area (Å²) < 4.78 is 69.9. The Bertz CT molecular complexity index is 1520. The van der Waals surface area contributed by atoms with E-state index in [9.17, 15) is 31.2 Å². The van der Waals surface area contributed by atoms with Gasteiger partial charge in [0.2, 0.25) is 11.8 Å². The van der Waals surface area contributed by atoms with Crippen LogP contribution in [-0.4, -0.2) is 43.3 Å². The molecule has 0 heterocycles. The van der Waals surface area contributed by atoms with E-state index in [4.69, 9.17) is 0 Å². The van der Waals surface area contributed by atoms with Crippen LogP contribution in [0.2, 0.25) is 0 Å². The van der Waals surface area contributed by atoms with Crippen LogP contribution in [0.15, 0.2) is 82.2 Å². The number of nitrogens with one attached hydrogen (secondary N) is 1. The number of nitrogens with zero attached hydrogens (tertiary/aromatic N) is 2. The fraction of sp³-hybridized carbons (Fsp3) is 0.333. The fourth-order valence-electron chi connectivity index (χ4n) is 4.05. The SMILES string of the molecule is Cc1ccc(S(=O)(=O)N(CC(=O)N(Cc2ccc(Br)cc2)[C@H](C)C(=O)NC(C)(C)C)c2cccc(C(F)(F)F)c2)cc1. The summed E-state index contributed by atoms with van der Waals surface area (Å²) in [5, 5.41) is 2.82. The maximum atomic E-state index is 13.9. The van der Waals surface area contributed by atoms with Crippen molar-refractivity contribution in [1.29, 1.82) is 0 Å². The number of hydrogen-bond donors (Lipinski definition) is 1. The minimum absolute atomic E-state index is 0.0497. The molecule has 0 aliphatic rings. The number of rotatable bonds is 9. The summed E-state index contributed by atoms with van der Waals surface area (Å²) in [6.07, 6.45) is -4.74. The van der Waals surface area contributed by atoms with E-state index in [1.165, 1.54) is 30.0 Å². The Kier molecular flexibility index (Phi) is 10.1. The van der Waals surface area contributed by atoms with Gasteiger partial charge in [-0.15, -0.1) is 0 Å². The zero-order valence-corrected chi connectivity index (χ0v) is 26.3. The first-order valence-corrected chi connectivity index (χ1v) is 15.2. The molecule has 12 heteroatoms. The predicted octanol–water partition coefficient (Wildman–Crippen LogP) is 6.30. The second-order valence-corrected chi connectivity index (χ2v) is 13.7. The van der Waals surface area contributed by atoms with Gasteiger partial charge >= 0.3 is 6.18 Å². The molecule has 0 bridgehead atoms. The molecule has 3 aromatic carbocycles. The van der Waals surface area contributed by atoms with Crippen LogP contribution in [-0.2, 0) is 32.3 Å². The molecule has 42 heavy (non-hydrogen) atoms. The molecule has 2 amide bonds. The van der Waals surface area contributed by atoms with Crippen molar-refractivity contribution in [1.82, 2.24) is 10.2 Å². The molecule has 0 saturated heterocycles. The van der Waals surface area contributed by atoms with Gasteiger partial charge in [0.1, 0.15) is 12.6 Å². The van der Waals surface area contributed by atoms with Gasteiger partial charge in [0, 0.05) is 16.6 Å². The largest absolute Gasteiger partial charge is 0.416 e. The lowest BCUT2D eigenvalue weighted by Gasteiger charge is -2.33. The van der Waals surface area contributed by atoms with Crippen molar-refractivity contribution in [3.63, 3.8) is 0 Å². The molecule has 7 nitrogen and oxygen atoms in total. The van der Waals surface area contributed by atoms with Crippen LogP contribution < -0.4 is 9.62 Å². The Labute approximate surface area is 252 Å². The maximum absolute atomic E-state index is 13.9. The molecule has 0 aliphatic heterocycles. The highest BCUT2D eigenvalue weighted by Gasteiger charge is 2.35. The van der Waals surface area contributed by atoms with Gasteiger partial charge < -0.3 is 10.2 Å². The molecule has 0 unspecified atom stereocenters. The van der Waals surface area contributed by atoms with Crippen molar-refractivity contribution < 1.29 is 31.2 Å². The number of benzene rings is 3. The average molecular weight is 669 g/mol. The highest BCUT2D eigenvalue weighted by Crippen LogP contribution is 2.33. The van der Waals surface area contributed by atoms with E-state index in [0.29, 0.717) is 15.9 Å². The van der Waals surface area contributed by atoms with Crippen molar-refractivity contribution in [2.75, 3.05) is 10.8 Å². The Balaban J connectivity index is 2.10. The van der Waals surface area contributed by atoms with Crippen LogP contribution in [0.3, 0.4) is 0 Å². The lowest BCUT2D eigenvalue weighted by Crippen LogP contribution is -2.54. The molecule has 226 valence electrons. The predicted molar refractivity (Wildman–Crippen MR) is 159 cm³/mol. The van der Waals surface area contributed by atoms with E-state index in [1.807, 2.05) is 0 Å². The van der Waals surface area contributed by atoms with Gasteiger partial charge in [0.25, 0.3) is 10.0 Å². The third kappa shape index (κ3) is 8.57. The van der Waals surface area contributed by atoms with Crippen LogP contribution in [0, 0.1) is 6.92 Å². The first-order chi connectivity index (χ1) is 19.4. The molecular formula is C30H33BrF3N3O4S. The van der Waals surface area contributed by atoms with E-state index in [2.05, 4.69) is 21.2 Å². The minimum Gasteiger partial charge on any atom is -0.350 e. The third-order valence-electron chi connectivity index (χ3n) is 6.28. The second kappa shape index (κ2) is 12.9. The number of halogens is 4. The Morgan fingerprint density at radius 2 is 1.55 bits per heavy atom. The summed E-state index contributed by atoms with van der Waals surface area (Å²) in [5.74, 6) is -1.25. The molecule has 1 N–H and O–H groups in total. The number of alkyl halides is 3. The number of carbonyl (C=O) groups excluding carboxylic acids is 2. The lowest BCUT2D eigenvalue weighted by molar-refractivity contribution is -0.140. The highest BCUT2D eigenvalue weighted by molar-refractivity contribution is 9.10. The molecule has 1 atom stereocenters. The summed E-state index contributed by atoms with van der Waals surface area (Å²) in [7, 11) is -4.50. The zero-order valence-electron chi connectivity index (χ0n) is 23.9. The number of hydrogen-bond acceptors (Lipinski definition) is 4. The summed E-state index contributed by atoms with van der Waals surface area (Å²) in [4.78, 5) is 28.1. The molecule has 0 fully saturated rings. The first-order valence-electron chi connectivity index (χ1n) is 13.0. The molecular weight excluding hydrogens is 635 g/mol. The van der Waals surface area contributed by atoms with E-state index < -0.39 is 51.7 Å². The van der Waals surface area contributed by atoms with Crippen molar-refractivity contribution in [3.05, 3.63) is 94.0 Å². The first kappa shape index (κ1) is 33.1. The minimum atomic E-state index is -4.74. The van der Waals surface area contributed by atoms with Crippen molar-refractivity contribution in [3.8, 4) is 0 Å². The number of aryl methyl sites for hydroxylation is 1. The molecule has 3 aromatic rings. The average Bonchev–Trinajstić information content (AvgIpc) is 2.89. The molecule has 3 rings (SSSR count).